The van der Waals surface area contributed by atoms with Gasteiger partial charge in [-0.1, -0.05) is 39.0 Å². The molecule has 1 aliphatic rings. The summed E-state index contributed by atoms with van der Waals surface area (Å²) in [5.41, 5.74) is 0. The average Bonchev–Trinajstić information content (AvgIpc) is 2.29. The predicted molar refractivity (Wildman–Crippen MR) is 72.1 cm³/mol. The smallest absolute Gasteiger partial charge is 0.00811 e. The van der Waals surface area contributed by atoms with E-state index in [4.69, 9.17) is 0 Å². The van der Waals surface area contributed by atoms with E-state index in [0.717, 1.165) is 5.25 Å². The Bertz CT molecular complexity index is 127. The van der Waals surface area contributed by atoms with Crippen LogP contribution in [0.3, 0.4) is 0 Å². The summed E-state index contributed by atoms with van der Waals surface area (Å²) in [5.74, 6) is 1.38. The second-order valence-corrected chi connectivity index (χ2v) is 5.86. The van der Waals surface area contributed by atoms with Gasteiger partial charge in [0.25, 0.3) is 0 Å². The average molecular weight is 226 g/mol. The maximum atomic E-state index is 2.52. The van der Waals surface area contributed by atoms with E-state index in [0.29, 0.717) is 0 Å². The standard InChI is InChI=1S/C14H26S/c1-2-3-4-5-6-10-13-15-14-11-8-7-9-12-14/h8,12,14H,2-7,9-11,13H2,1H3. The number of unbranched alkanes of at least 4 members (excludes halogenated alkanes) is 5. The minimum Gasteiger partial charge on any atom is -0.158 e. The zero-order chi connectivity index (χ0) is 10.8. The Kier molecular flexibility index (Phi) is 8.56. The van der Waals surface area contributed by atoms with Gasteiger partial charge in [-0.25, -0.2) is 0 Å². The molecule has 0 heterocycles. The highest BCUT2D eigenvalue weighted by Crippen LogP contribution is 2.27. The SMILES string of the molecule is CCCCCCCCSC1[CH]CC[CH]C1. The Hall–Kier alpha value is 0.350. The van der Waals surface area contributed by atoms with Crippen molar-refractivity contribution in [2.75, 3.05) is 5.75 Å². The van der Waals surface area contributed by atoms with Gasteiger partial charge in [0.1, 0.15) is 0 Å². The molecule has 0 nitrogen and oxygen atoms in total. The van der Waals surface area contributed by atoms with Gasteiger partial charge < -0.3 is 0 Å². The molecular weight excluding hydrogens is 200 g/mol. The molecule has 0 aliphatic heterocycles. The van der Waals surface area contributed by atoms with Crippen molar-refractivity contribution in [2.24, 2.45) is 0 Å². The van der Waals surface area contributed by atoms with Crippen molar-refractivity contribution in [3.63, 3.8) is 0 Å². The molecule has 0 saturated heterocycles. The highest BCUT2D eigenvalue weighted by atomic mass is 32.2. The van der Waals surface area contributed by atoms with Gasteiger partial charge >= 0.3 is 0 Å². The molecule has 88 valence electrons. The summed E-state index contributed by atoms with van der Waals surface area (Å²) >= 11 is 2.17. The quantitative estimate of drug-likeness (QED) is 0.522. The van der Waals surface area contributed by atoms with Crippen LogP contribution in [0.5, 0.6) is 0 Å². The molecule has 0 amide bonds. The summed E-state index contributed by atoms with van der Waals surface area (Å²) in [4.78, 5) is 0. The number of thioether (sulfide) groups is 1. The van der Waals surface area contributed by atoms with Crippen LogP contribution in [0.1, 0.15) is 64.7 Å². The van der Waals surface area contributed by atoms with Crippen molar-refractivity contribution in [2.45, 2.75) is 70.0 Å². The van der Waals surface area contributed by atoms with E-state index in [9.17, 15) is 0 Å². The third-order valence-corrected chi connectivity index (χ3v) is 4.37. The van der Waals surface area contributed by atoms with Gasteiger partial charge in [0, 0.05) is 5.25 Å². The second-order valence-electron chi connectivity index (χ2n) is 4.51. The minimum atomic E-state index is 0.842. The molecule has 0 aromatic rings. The maximum Gasteiger partial charge on any atom is 0.00811 e. The summed E-state index contributed by atoms with van der Waals surface area (Å²) in [6, 6.07) is 0. The van der Waals surface area contributed by atoms with Gasteiger partial charge in [-0.3, -0.25) is 0 Å². The highest BCUT2D eigenvalue weighted by molar-refractivity contribution is 8.00. The van der Waals surface area contributed by atoms with E-state index in [-0.39, 0.29) is 0 Å². The fourth-order valence-corrected chi connectivity index (χ4v) is 3.25. The van der Waals surface area contributed by atoms with Crippen LogP contribution in [0.2, 0.25) is 0 Å². The first kappa shape index (κ1) is 13.4. The second kappa shape index (κ2) is 9.57. The molecule has 1 atom stereocenters. The van der Waals surface area contributed by atoms with Crippen LogP contribution in [0, 0.1) is 12.8 Å². The van der Waals surface area contributed by atoms with Crippen molar-refractivity contribution in [3.8, 4) is 0 Å². The molecular formula is C14H26S. The Balaban J connectivity index is 1.79. The Morgan fingerprint density at radius 1 is 1.07 bits per heavy atom. The van der Waals surface area contributed by atoms with Crippen LogP contribution in [0.25, 0.3) is 0 Å². The summed E-state index contributed by atoms with van der Waals surface area (Å²) in [6.45, 7) is 2.28. The molecule has 0 aromatic heterocycles. The van der Waals surface area contributed by atoms with Crippen LogP contribution >= 0.6 is 11.8 Å². The van der Waals surface area contributed by atoms with E-state index in [1.807, 2.05) is 0 Å². The monoisotopic (exact) mass is 226 g/mol. The van der Waals surface area contributed by atoms with E-state index in [2.05, 4.69) is 31.5 Å². The van der Waals surface area contributed by atoms with Crippen LogP contribution in [0.15, 0.2) is 0 Å². The lowest BCUT2D eigenvalue weighted by molar-refractivity contribution is 0.626. The molecule has 1 saturated carbocycles. The van der Waals surface area contributed by atoms with Crippen LogP contribution in [0.4, 0.5) is 0 Å². The summed E-state index contributed by atoms with van der Waals surface area (Å²) in [7, 11) is 0. The molecule has 1 rings (SSSR count). The lowest BCUT2D eigenvalue weighted by atomic mass is 10.0. The molecule has 1 aliphatic carbocycles. The Labute approximate surface area is 101 Å². The molecule has 2 radical (unpaired) electrons. The van der Waals surface area contributed by atoms with E-state index in [1.165, 1.54) is 63.5 Å². The summed E-state index contributed by atoms with van der Waals surface area (Å²) < 4.78 is 0. The number of hydrogen-bond acceptors (Lipinski definition) is 1. The normalized spacial score (nSPS) is 18.2. The first-order chi connectivity index (χ1) is 7.43. The van der Waals surface area contributed by atoms with Gasteiger partial charge in [0.05, 0.1) is 0 Å². The zero-order valence-corrected chi connectivity index (χ0v) is 11.0. The molecule has 1 fully saturated rings. The third-order valence-electron chi connectivity index (χ3n) is 3.03. The predicted octanol–water partition coefficient (Wildman–Crippen LogP) is 5.04. The maximum absolute atomic E-state index is 2.52. The lowest BCUT2D eigenvalue weighted by Gasteiger charge is -2.20. The van der Waals surface area contributed by atoms with Gasteiger partial charge in [-0.15, -0.1) is 0 Å². The van der Waals surface area contributed by atoms with Crippen LogP contribution < -0.4 is 0 Å². The third kappa shape index (κ3) is 7.27. The Morgan fingerprint density at radius 2 is 1.87 bits per heavy atom. The van der Waals surface area contributed by atoms with E-state index >= 15 is 0 Å². The molecule has 0 N–H and O–H groups in total. The van der Waals surface area contributed by atoms with Crippen LogP contribution in [-0.4, -0.2) is 11.0 Å². The highest BCUT2D eigenvalue weighted by Gasteiger charge is 2.13. The van der Waals surface area contributed by atoms with Gasteiger partial charge in [0.2, 0.25) is 0 Å². The number of rotatable bonds is 8. The van der Waals surface area contributed by atoms with Crippen molar-refractivity contribution in [3.05, 3.63) is 12.8 Å². The largest absolute Gasteiger partial charge is 0.158 e. The lowest BCUT2D eigenvalue weighted by Crippen LogP contribution is -2.09. The fourth-order valence-electron chi connectivity index (χ4n) is 2.03. The van der Waals surface area contributed by atoms with Gasteiger partial charge in [0.15, 0.2) is 0 Å². The summed E-state index contributed by atoms with van der Waals surface area (Å²) in [5, 5.41) is 0.842. The fraction of sp³-hybridized carbons (Fsp3) is 0.857. The van der Waals surface area contributed by atoms with E-state index < -0.39 is 0 Å². The topological polar surface area (TPSA) is 0 Å². The molecule has 1 unspecified atom stereocenters. The van der Waals surface area contributed by atoms with Gasteiger partial charge in [-0.2, -0.15) is 11.8 Å². The van der Waals surface area contributed by atoms with Crippen molar-refractivity contribution >= 4 is 11.8 Å². The van der Waals surface area contributed by atoms with Crippen molar-refractivity contribution in [1.29, 1.82) is 0 Å². The molecule has 0 aromatic carbocycles. The van der Waals surface area contributed by atoms with Crippen molar-refractivity contribution < 1.29 is 0 Å². The number of hydrogen-bond donors (Lipinski definition) is 0. The van der Waals surface area contributed by atoms with Crippen LogP contribution in [-0.2, 0) is 0 Å². The van der Waals surface area contributed by atoms with E-state index in [1.54, 1.807) is 0 Å². The molecule has 0 spiro atoms. The molecule has 1 heteroatoms. The zero-order valence-electron chi connectivity index (χ0n) is 10.2. The molecule has 15 heavy (non-hydrogen) atoms. The Morgan fingerprint density at radius 3 is 2.60 bits per heavy atom. The van der Waals surface area contributed by atoms with Gasteiger partial charge in [-0.05, 0) is 44.3 Å². The molecule has 0 bridgehead atoms. The van der Waals surface area contributed by atoms with Crippen molar-refractivity contribution in [1.82, 2.24) is 0 Å². The summed E-state index contributed by atoms with van der Waals surface area (Å²) in [6.07, 6.45) is 17.5. The first-order valence-electron chi connectivity index (χ1n) is 6.70. The minimum absolute atomic E-state index is 0.842. The first-order valence-corrected chi connectivity index (χ1v) is 7.75.